The van der Waals surface area contributed by atoms with Crippen LogP contribution in [0.4, 0.5) is 0 Å². The Kier molecular flexibility index (Phi) is 8.48. The van der Waals surface area contributed by atoms with Crippen molar-refractivity contribution in [3.63, 3.8) is 0 Å². The van der Waals surface area contributed by atoms with Crippen molar-refractivity contribution in [2.75, 3.05) is 13.1 Å². The predicted molar refractivity (Wildman–Crippen MR) is 139 cm³/mol. The SMILES string of the molecule is CCC(C)C(NC(=O)C1CCCN1)C(=O)NC(Cc1c[nH]c2ccccc12)C(=O)N1CCCC1C(=O)O. The number of likely N-dealkylation sites (tertiary alicyclic amines) is 1. The number of aromatic amines is 1. The molecule has 10 nitrogen and oxygen atoms in total. The van der Waals surface area contributed by atoms with Crippen molar-refractivity contribution in [1.29, 1.82) is 0 Å². The molecule has 4 rings (SSSR count). The lowest BCUT2D eigenvalue weighted by molar-refractivity contribution is -0.149. The highest BCUT2D eigenvalue weighted by atomic mass is 16.4. The molecule has 0 saturated carbocycles. The maximum absolute atomic E-state index is 13.7. The highest BCUT2D eigenvalue weighted by Gasteiger charge is 2.39. The Balaban J connectivity index is 1.58. The van der Waals surface area contributed by atoms with Gasteiger partial charge in [-0.3, -0.25) is 14.4 Å². The zero-order chi connectivity index (χ0) is 26.5. The van der Waals surface area contributed by atoms with Crippen LogP contribution in [0.1, 0.15) is 51.5 Å². The van der Waals surface area contributed by atoms with Gasteiger partial charge in [0.2, 0.25) is 17.7 Å². The monoisotopic (exact) mass is 511 g/mol. The van der Waals surface area contributed by atoms with Crippen LogP contribution in [0.3, 0.4) is 0 Å². The van der Waals surface area contributed by atoms with Gasteiger partial charge in [-0.05, 0) is 49.8 Å². The van der Waals surface area contributed by atoms with Gasteiger partial charge in [0.05, 0.1) is 6.04 Å². The summed E-state index contributed by atoms with van der Waals surface area (Å²) in [6, 6.07) is 4.66. The first-order chi connectivity index (χ1) is 17.8. The molecule has 3 amide bonds. The lowest BCUT2D eigenvalue weighted by atomic mass is 9.96. The first kappa shape index (κ1) is 26.7. The van der Waals surface area contributed by atoms with Crippen LogP contribution in [0, 0.1) is 5.92 Å². The van der Waals surface area contributed by atoms with E-state index in [1.807, 2.05) is 44.3 Å². The van der Waals surface area contributed by atoms with Crippen LogP contribution < -0.4 is 16.0 Å². The third kappa shape index (κ3) is 5.95. The highest BCUT2D eigenvalue weighted by molar-refractivity contribution is 5.95. The maximum atomic E-state index is 13.7. The number of fused-ring (bicyclic) bond motifs is 1. The summed E-state index contributed by atoms with van der Waals surface area (Å²) in [5, 5.41) is 19.5. The van der Waals surface area contributed by atoms with E-state index in [1.54, 1.807) is 0 Å². The van der Waals surface area contributed by atoms with Gasteiger partial charge in [-0.15, -0.1) is 0 Å². The molecule has 1 aromatic carbocycles. The number of amides is 3. The summed E-state index contributed by atoms with van der Waals surface area (Å²) in [5.41, 5.74) is 1.76. The summed E-state index contributed by atoms with van der Waals surface area (Å²) in [6.07, 6.45) is 5.27. The minimum atomic E-state index is -1.04. The number of para-hydroxylation sites is 1. The second-order valence-electron chi connectivity index (χ2n) is 10.2. The van der Waals surface area contributed by atoms with E-state index >= 15 is 0 Å². The van der Waals surface area contributed by atoms with E-state index in [2.05, 4.69) is 20.9 Å². The van der Waals surface area contributed by atoms with E-state index in [0.717, 1.165) is 29.4 Å². The van der Waals surface area contributed by atoms with Crippen LogP contribution in [0.15, 0.2) is 30.5 Å². The minimum absolute atomic E-state index is 0.159. The fourth-order valence-electron chi connectivity index (χ4n) is 5.33. The molecule has 3 heterocycles. The third-order valence-corrected chi connectivity index (χ3v) is 7.70. The molecule has 2 aromatic rings. The number of carboxylic acid groups (broad SMARTS) is 1. The van der Waals surface area contributed by atoms with Crippen molar-refractivity contribution in [3.8, 4) is 0 Å². The molecule has 2 saturated heterocycles. The molecule has 0 spiro atoms. The fourth-order valence-corrected chi connectivity index (χ4v) is 5.33. The van der Waals surface area contributed by atoms with E-state index in [4.69, 9.17) is 0 Å². The quantitative estimate of drug-likeness (QED) is 0.328. The predicted octanol–water partition coefficient (Wildman–Crippen LogP) is 1.55. The van der Waals surface area contributed by atoms with Crippen molar-refractivity contribution in [2.24, 2.45) is 5.92 Å². The molecule has 2 fully saturated rings. The lowest BCUT2D eigenvalue weighted by Gasteiger charge is -2.30. The van der Waals surface area contributed by atoms with E-state index in [9.17, 15) is 24.3 Å². The summed E-state index contributed by atoms with van der Waals surface area (Å²) in [6.45, 7) is 4.93. The second kappa shape index (κ2) is 11.8. The first-order valence-corrected chi connectivity index (χ1v) is 13.2. The van der Waals surface area contributed by atoms with E-state index < -0.39 is 35.9 Å². The van der Waals surface area contributed by atoms with Crippen molar-refractivity contribution in [1.82, 2.24) is 25.8 Å². The van der Waals surface area contributed by atoms with E-state index in [0.29, 0.717) is 32.2 Å². The Labute approximate surface area is 216 Å². The van der Waals surface area contributed by atoms with Crippen molar-refractivity contribution >= 4 is 34.6 Å². The van der Waals surface area contributed by atoms with Gasteiger partial charge in [0.1, 0.15) is 18.1 Å². The Morgan fingerprint density at radius 3 is 2.62 bits per heavy atom. The molecule has 0 bridgehead atoms. The zero-order valence-corrected chi connectivity index (χ0v) is 21.5. The molecule has 2 aliphatic rings. The standard InChI is InChI=1S/C27H37N5O5/c1-3-16(2)23(31-24(33)20-10-6-12-28-20)25(34)30-21(26(35)32-13-7-11-22(32)27(36)37)14-17-15-29-19-9-5-4-8-18(17)19/h4-5,8-9,15-16,20-23,28-29H,3,6-7,10-14H2,1-2H3,(H,30,34)(H,31,33)(H,36,37). The summed E-state index contributed by atoms with van der Waals surface area (Å²) >= 11 is 0. The van der Waals surface area contributed by atoms with Crippen molar-refractivity contribution in [3.05, 3.63) is 36.0 Å². The van der Waals surface area contributed by atoms with Crippen LogP contribution in [-0.4, -0.2) is 75.9 Å². The van der Waals surface area contributed by atoms with Gasteiger partial charge >= 0.3 is 5.97 Å². The molecule has 5 N–H and O–H groups in total. The number of H-pyrrole nitrogens is 1. The molecule has 0 radical (unpaired) electrons. The second-order valence-corrected chi connectivity index (χ2v) is 10.2. The topological polar surface area (TPSA) is 144 Å². The summed E-state index contributed by atoms with van der Waals surface area (Å²) in [5.74, 6) is -2.28. The number of aromatic nitrogens is 1. The van der Waals surface area contributed by atoms with E-state index in [-0.39, 0.29) is 24.3 Å². The van der Waals surface area contributed by atoms with Gasteiger partial charge in [-0.1, -0.05) is 38.5 Å². The van der Waals surface area contributed by atoms with Gasteiger partial charge in [0, 0.05) is 30.1 Å². The number of carbonyl (C=O) groups excluding carboxylic acids is 3. The van der Waals surface area contributed by atoms with Crippen LogP contribution >= 0.6 is 0 Å². The fraction of sp³-hybridized carbons (Fsp3) is 0.556. The number of aliphatic carboxylic acids is 1. The number of nitrogens with zero attached hydrogens (tertiary/aromatic N) is 1. The number of carbonyl (C=O) groups is 4. The van der Waals surface area contributed by atoms with Gasteiger partial charge in [0.25, 0.3) is 0 Å². The smallest absolute Gasteiger partial charge is 0.326 e. The molecule has 1 aromatic heterocycles. The lowest BCUT2D eigenvalue weighted by Crippen LogP contribution is -2.59. The normalized spacial score (nSPS) is 21.9. The Morgan fingerprint density at radius 2 is 1.92 bits per heavy atom. The van der Waals surface area contributed by atoms with Crippen molar-refractivity contribution < 1.29 is 24.3 Å². The minimum Gasteiger partial charge on any atom is -0.480 e. The van der Waals surface area contributed by atoms with Crippen LogP contribution in [0.2, 0.25) is 0 Å². The van der Waals surface area contributed by atoms with Crippen LogP contribution in [-0.2, 0) is 25.6 Å². The highest BCUT2D eigenvalue weighted by Crippen LogP contribution is 2.23. The zero-order valence-electron chi connectivity index (χ0n) is 21.5. The molecule has 37 heavy (non-hydrogen) atoms. The Bertz CT molecular complexity index is 1140. The summed E-state index contributed by atoms with van der Waals surface area (Å²) in [4.78, 5) is 56.5. The van der Waals surface area contributed by atoms with Gasteiger partial charge in [-0.2, -0.15) is 0 Å². The Morgan fingerprint density at radius 1 is 1.14 bits per heavy atom. The molecule has 200 valence electrons. The Hall–Kier alpha value is -3.40. The van der Waals surface area contributed by atoms with Crippen LogP contribution in [0.5, 0.6) is 0 Å². The molecule has 0 aliphatic carbocycles. The third-order valence-electron chi connectivity index (χ3n) is 7.70. The van der Waals surface area contributed by atoms with Crippen molar-refractivity contribution in [2.45, 2.75) is 76.5 Å². The maximum Gasteiger partial charge on any atom is 0.326 e. The molecule has 5 atom stereocenters. The molecular weight excluding hydrogens is 474 g/mol. The number of nitrogens with one attached hydrogen (secondary N) is 4. The average molecular weight is 512 g/mol. The number of carboxylic acids is 1. The summed E-state index contributed by atoms with van der Waals surface area (Å²) < 4.78 is 0. The van der Waals surface area contributed by atoms with Crippen LogP contribution in [0.25, 0.3) is 10.9 Å². The summed E-state index contributed by atoms with van der Waals surface area (Å²) in [7, 11) is 0. The van der Waals surface area contributed by atoms with E-state index in [1.165, 1.54) is 4.90 Å². The number of hydrogen-bond donors (Lipinski definition) is 5. The van der Waals surface area contributed by atoms with Gasteiger partial charge < -0.3 is 30.9 Å². The molecular formula is C27H37N5O5. The number of benzene rings is 1. The largest absolute Gasteiger partial charge is 0.480 e. The molecule has 2 aliphatic heterocycles. The molecule has 10 heteroatoms. The average Bonchev–Trinajstić information content (AvgIpc) is 3.67. The number of rotatable bonds is 10. The van der Waals surface area contributed by atoms with Gasteiger partial charge in [0.15, 0.2) is 0 Å². The van der Waals surface area contributed by atoms with Gasteiger partial charge in [-0.25, -0.2) is 4.79 Å². The first-order valence-electron chi connectivity index (χ1n) is 13.2. The number of hydrogen-bond acceptors (Lipinski definition) is 5. The molecule has 5 unspecified atom stereocenters.